The quantitative estimate of drug-likeness (QED) is 0.710. The highest BCUT2D eigenvalue weighted by Crippen LogP contribution is 2.26. The van der Waals surface area contributed by atoms with Gasteiger partial charge < -0.3 is 4.90 Å². The fourth-order valence-corrected chi connectivity index (χ4v) is 2.20. The highest BCUT2D eigenvalue weighted by Gasteiger charge is 2.18. The standard InChI is InChI=1S/C12H17BClN/c1-8(2)15(9(3)4)12-10(13)6-5-7-11(12)14/h5-9H,1-4H3. The van der Waals surface area contributed by atoms with E-state index in [4.69, 9.17) is 19.4 Å². The van der Waals surface area contributed by atoms with E-state index >= 15 is 0 Å². The van der Waals surface area contributed by atoms with E-state index in [0.717, 1.165) is 16.2 Å². The van der Waals surface area contributed by atoms with Crippen molar-refractivity contribution in [2.75, 3.05) is 4.90 Å². The summed E-state index contributed by atoms with van der Waals surface area (Å²) in [5.41, 5.74) is 1.69. The summed E-state index contributed by atoms with van der Waals surface area (Å²) in [6, 6.07) is 6.41. The monoisotopic (exact) mass is 221 g/mol. The zero-order valence-corrected chi connectivity index (χ0v) is 10.5. The van der Waals surface area contributed by atoms with Gasteiger partial charge in [-0.1, -0.05) is 29.2 Å². The lowest BCUT2D eigenvalue weighted by molar-refractivity contribution is 0.609. The van der Waals surface area contributed by atoms with Crippen LogP contribution >= 0.6 is 11.6 Å². The average Bonchev–Trinajstić information content (AvgIpc) is 2.09. The van der Waals surface area contributed by atoms with E-state index in [0.29, 0.717) is 12.1 Å². The first-order chi connectivity index (χ1) is 6.95. The first-order valence-electron chi connectivity index (χ1n) is 5.27. The highest BCUT2D eigenvalue weighted by atomic mass is 35.5. The molecule has 1 aromatic rings. The Balaban J connectivity index is 3.22. The van der Waals surface area contributed by atoms with Gasteiger partial charge in [0.05, 0.1) is 5.02 Å². The van der Waals surface area contributed by atoms with Crippen molar-refractivity contribution < 1.29 is 0 Å². The number of hydrogen-bond acceptors (Lipinski definition) is 1. The molecule has 0 atom stereocenters. The number of rotatable bonds is 3. The van der Waals surface area contributed by atoms with Crippen molar-refractivity contribution in [3.63, 3.8) is 0 Å². The van der Waals surface area contributed by atoms with Gasteiger partial charge in [-0.3, -0.25) is 0 Å². The van der Waals surface area contributed by atoms with Gasteiger partial charge in [0.1, 0.15) is 7.85 Å². The first kappa shape index (κ1) is 12.4. The Morgan fingerprint density at radius 2 is 1.67 bits per heavy atom. The summed E-state index contributed by atoms with van der Waals surface area (Å²) in [5.74, 6) is 0. The number of halogens is 1. The number of anilines is 1. The molecule has 15 heavy (non-hydrogen) atoms. The largest absolute Gasteiger partial charge is 0.366 e. The molecule has 0 aliphatic rings. The Labute approximate surface area is 98.8 Å². The predicted molar refractivity (Wildman–Crippen MR) is 69.6 cm³/mol. The Bertz CT molecular complexity index is 308. The second kappa shape index (κ2) is 4.93. The van der Waals surface area contributed by atoms with Gasteiger partial charge in [0.2, 0.25) is 0 Å². The Morgan fingerprint density at radius 3 is 2.07 bits per heavy atom. The van der Waals surface area contributed by atoms with Crippen molar-refractivity contribution in [3.8, 4) is 0 Å². The van der Waals surface area contributed by atoms with Gasteiger partial charge in [-0.05, 0) is 33.8 Å². The fraction of sp³-hybridized carbons (Fsp3) is 0.500. The maximum Gasteiger partial charge on any atom is 0.116 e. The van der Waals surface area contributed by atoms with E-state index in [2.05, 4.69) is 32.6 Å². The van der Waals surface area contributed by atoms with Crippen LogP contribution in [0.25, 0.3) is 0 Å². The first-order valence-corrected chi connectivity index (χ1v) is 5.65. The van der Waals surface area contributed by atoms with Crippen LogP contribution in [0.3, 0.4) is 0 Å². The molecule has 80 valence electrons. The lowest BCUT2D eigenvalue weighted by Crippen LogP contribution is -2.40. The summed E-state index contributed by atoms with van der Waals surface area (Å²) in [6.45, 7) is 8.57. The van der Waals surface area contributed by atoms with Crippen LogP contribution in [0.1, 0.15) is 27.7 Å². The molecule has 0 aliphatic carbocycles. The zero-order chi connectivity index (χ0) is 11.6. The minimum atomic E-state index is 0.382. The third-order valence-corrected chi connectivity index (χ3v) is 2.69. The minimum Gasteiger partial charge on any atom is -0.366 e. The number of para-hydroxylation sites is 1. The molecule has 0 heterocycles. The van der Waals surface area contributed by atoms with Crippen molar-refractivity contribution in [2.24, 2.45) is 0 Å². The molecule has 3 heteroatoms. The molecule has 0 saturated heterocycles. The van der Waals surface area contributed by atoms with E-state index in [1.165, 1.54) is 0 Å². The maximum atomic E-state index is 6.19. The predicted octanol–water partition coefficient (Wildman–Crippen LogP) is 2.76. The fourth-order valence-electron chi connectivity index (χ4n) is 1.92. The number of nitrogens with zero attached hydrogens (tertiary/aromatic N) is 1. The van der Waals surface area contributed by atoms with E-state index in [-0.39, 0.29) is 0 Å². The SMILES string of the molecule is [B]c1cccc(Cl)c1N(C(C)C)C(C)C. The Morgan fingerprint density at radius 1 is 1.13 bits per heavy atom. The Hall–Kier alpha value is -0.625. The Kier molecular flexibility index (Phi) is 4.09. The second-order valence-electron chi connectivity index (χ2n) is 4.27. The molecule has 0 unspecified atom stereocenters. The van der Waals surface area contributed by atoms with Crippen LogP contribution in [0, 0.1) is 0 Å². The van der Waals surface area contributed by atoms with Crippen molar-refractivity contribution >= 4 is 30.6 Å². The van der Waals surface area contributed by atoms with Gasteiger partial charge in [-0.2, -0.15) is 0 Å². The molecule has 0 spiro atoms. The van der Waals surface area contributed by atoms with Crippen molar-refractivity contribution in [2.45, 2.75) is 39.8 Å². The van der Waals surface area contributed by atoms with Crippen LogP contribution < -0.4 is 10.4 Å². The molecular formula is C12H17BClN. The summed E-state index contributed by atoms with van der Waals surface area (Å²) in [5, 5.41) is 0.720. The molecule has 0 N–H and O–H groups in total. The van der Waals surface area contributed by atoms with Crippen LogP contribution in [0.4, 0.5) is 5.69 Å². The van der Waals surface area contributed by atoms with E-state index in [1.807, 2.05) is 18.2 Å². The highest BCUT2D eigenvalue weighted by molar-refractivity contribution is 6.41. The molecule has 2 radical (unpaired) electrons. The van der Waals surface area contributed by atoms with Gasteiger partial charge in [-0.15, -0.1) is 0 Å². The molecule has 0 saturated carbocycles. The van der Waals surface area contributed by atoms with Gasteiger partial charge in [0.15, 0.2) is 0 Å². The maximum absolute atomic E-state index is 6.19. The normalized spacial score (nSPS) is 11.1. The summed E-state index contributed by atoms with van der Waals surface area (Å²) >= 11 is 6.19. The molecule has 1 aromatic carbocycles. The average molecular weight is 222 g/mol. The molecule has 0 amide bonds. The third-order valence-electron chi connectivity index (χ3n) is 2.39. The molecular weight excluding hydrogens is 204 g/mol. The van der Waals surface area contributed by atoms with Gasteiger partial charge in [-0.25, -0.2) is 0 Å². The smallest absolute Gasteiger partial charge is 0.116 e. The van der Waals surface area contributed by atoms with E-state index in [1.54, 1.807) is 0 Å². The summed E-state index contributed by atoms with van der Waals surface area (Å²) in [4.78, 5) is 2.23. The van der Waals surface area contributed by atoms with Crippen LogP contribution in [-0.4, -0.2) is 19.9 Å². The lowest BCUT2D eigenvalue weighted by Gasteiger charge is -2.35. The second-order valence-corrected chi connectivity index (χ2v) is 4.68. The number of hydrogen-bond donors (Lipinski definition) is 0. The van der Waals surface area contributed by atoms with Crippen LogP contribution in [0.2, 0.25) is 5.02 Å². The van der Waals surface area contributed by atoms with Crippen molar-refractivity contribution in [3.05, 3.63) is 23.2 Å². The molecule has 0 bridgehead atoms. The lowest BCUT2D eigenvalue weighted by atomic mass is 9.92. The minimum absolute atomic E-state index is 0.382. The van der Waals surface area contributed by atoms with Gasteiger partial charge in [0, 0.05) is 17.8 Å². The molecule has 0 aliphatic heterocycles. The van der Waals surface area contributed by atoms with E-state index < -0.39 is 0 Å². The topological polar surface area (TPSA) is 3.24 Å². The molecule has 1 nitrogen and oxygen atoms in total. The summed E-state index contributed by atoms with van der Waals surface area (Å²) < 4.78 is 0. The van der Waals surface area contributed by atoms with Crippen molar-refractivity contribution in [1.29, 1.82) is 0 Å². The van der Waals surface area contributed by atoms with Crippen LogP contribution in [0.5, 0.6) is 0 Å². The number of benzene rings is 1. The molecule has 1 rings (SSSR count). The molecule has 0 fully saturated rings. The van der Waals surface area contributed by atoms with Gasteiger partial charge in [0.25, 0.3) is 0 Å². The van der Waals surface area contributed by atoms with Crippen LogP contribution in [0.15, 0.2) is 18.2 Å². The summed E-state index contributed by atoms with van der Waals surface area (Å²) in [7, 11) is 5.97. The zero-order valence-electron chi connectivity index (χ0n) is 9.79. The summed E-state index contributed by atoms with van der Waals surface area (Å²) in [6.07, 6.45) is 0. The van der Waals surface area contributed by atoms with Gasteiger partial charge >= 0.3 is 0 Å². The third kappa shape index (κ3) is 2.69. The molecule has 0 aromatic heterocycles. The van der Waals surface area contributed by atoms with Crippen molar-refractivity contribution in [1.82, 2.24) is 0 Å². The van der Waals surface area contributed by atoms with E-state index in [9.17, 15) is 0 Å². The van der Waals surface area contributed by atoms with Crippen LogP contribution in [-0.2, 0) is 0 Å².